The third-order valence-corrected chi connectivity index (χ3v) is 6.32. The third kappa shape index (κ3) is 4.32. The number of aliphatic imine (C=N–C) groups is 1. The standard InChI is InChI=1S/C26H22BrN5O2/c1-15-9-3-6-12-19(15)29-24(33)22-16(2)28-25(31-23(22)17-10-4-5-11-18(17)27)32-26-30-20-13-7-8-14-21(20)34-26/h3-14,23H,1-2H3,(H,29,33)(H2,28,30,31,32). The first-order valence-corrected chi connectivity index (χ1v) is 11.6. The second-order valence-corrected chi connectivity index (χ2v) is 8.80. The predicted octanol–water partition coefficient (Wildman–Crippen LogP) is 5.92. The average molecular weight is 516 g/mol. The molecular formula is C26H22BrN5O2. The Hall–Kier alpha value is -3.91. The van der Waals surface area contributed by atoms with Crippen molar-refractivity contribution < 1.29 is 9.21 Å². The van der Waals surface area contributed by atoms with Gasteiger partial charge in [0.25, 0.3) is 5.91 Å². The molecule has 1 aromatic heterocycles. The van der Waals surface area contributed by atoms with Gasteiger partial charge in [0, 0.05) is 15.9 Å². The number of nitrogens with one attached hydrogen (secondary N) is 3. The molecule has 0 fully saturated rings. The number of anilines is 2. The number of oxazole rings is 1. The van der Waals surface area contributed by atoms with Gasteiger partial charge >= 0.3 is 6.01 Å². The van der Waals surface area contributed by atoms with Crippen LogP contribution in [0.2, 0.25) is 0 Å². The number of hydrogen-bond donors (Lipinski definition) is 3. The van der Waals surface area contributed by atoms with Crippen LogP contribution in [0.4, 0.5) is 11.7 Å². The largest absolute Gasteiger partial charge is 0.423 e. The number of aryl methyl sites for hydroxylation is 1. The van der Waals surface area contributed by atoms with Crippen LogP contribution in [0.15, 0.2) is 97.9 Å². The number of nitrogens with zero attached hydrogens (tertiary/aromatic N) is 2. The molecule has 0 bridgehead atoms. The summed E-state index contributed by atoms with van der Waals surface area (Å²) in [7, 11) is 0. The van der Waals surface area contributed by atoms with Gasteiger partial charge in [-0.2, -0.15) is 4.98 Å². The molecule has 1 atom stereocenters. The monoisotopic (exact) mass is 515 g/mol. The Morgan fingerprint density at radius 2 is 1.74 bits per heavy atom. The predicted molar refractivity (Wildman–Crippen MR) is 138 cm³/mol. The summed E-state index contributed by atoms with van der Waals surface area (Å²) in [6.07, 6.45) is 0. The molecular weight excluding hydrogens is 494 g/mol. The minimum atomic E-state index is -0.548. The van der Waals surface area contributed by atoms with Crippen molar-refractivity contribution in [3.05, 3.63) is 99.7 Å². The van der Waals surface area contributed by atoms with Crippen molar-refractivity contribution in [1.82, 2.24) is 10.3 Å². The molecule has 0 radical (unpaired) electrons. The van der Waals surface area contributed by atoms with Gasteiger partial charge in [0.15, 0.2) is 5.58 Å². The van der Waals surface area contributed by atoms with E-state index in [1.807, 2.05) is 86.6 Å². The number of carbonyl (C=O) groups is 1. The highest BCUT2D eigenvalue weighted by molar-refractivity contribution is 9.10. The van der Waals surface area contributed by atoms with E-state index in [4.69, 9.17) is 9.41 Å². The van der Waals surface area contributed by atoms with Crippen molar-refractivity contribution in [3.63, 3.8) is 0 Å². The fourth-order valence-corrected chi connectivity index (χ4v) is 4.39. The maximum absolute atomic E-state index is 13.5. The van der Waals surface area contributed by atoms with Gasteiger partial charge in [-0.3, -0.25) is 10.1 Å². The second kappa shape index (κ2) is 9.15. The zero-order valence-corrected chi connectivity index (χ0v) is 20.2. The molecule has 0 saturated carbocycles. The molecule has 170 valence electrons. The summed E-state index contributed by atoms with van der Waals surface area (Å²) >= 11 is 3.62. The Balaban J connectivity index is 1.50. The maximum Gasteiger partial charge on any atom is 0.302 e. The van der Waals surface area contributed by atoms with Crippen molar-refractivity contribution in [1.29, 1.82) is 0 Å². The minimum Gasteiger partial charge on any atom is -0.423 e. The molecule has 1 amide bonds. The van der Waals surface area contributed by atoms with Crippen LogP contribution in [0.5, 0.6) is 0 Å². The van der Waals surface area contributed by atoms with Crippen molar-refractivity contribution >= 4 is 50.6 Å². The molecule has 5 rings (SSSR count). The molecule has 2 heterocycles. The molecule has 1 unspecified atom stereocenters. The van der Waals surface area contributed by atoms with Gasteiger partial charge in [-0.05, 0) is 49.2 Å². The van der Waals surface area contributed by atoms with E-state index >= 15 is 0 Å². The Morgan fingerprint density at radius 1 is 1.00 bits per heavy atom. The number of hydrogen-bond acceptors (Lipinski definition) is 6. The first-order chi connectivity index (χ1) is 16.5. The van der Waals surface area contributed by atoms with E-state index in [-0.39, 0.29) is 5.91 Å². The van der Waals surface area contributed by atoms with Crippen molar-refractivity contribution in [2.24, 2.45) is 4.99 Å². The molecule has 0 spiro atoms. The highest BCUT2D eigenvalue weighted by Gasteiger charge is 2.31. The van der Waals surface area contributed by atoms with E-state index < -0.39 is 6.04 Å². The summed E-state index contributed by atoms with van der Waals surface area (Å²) in [5.74, 6) is 0.224. The van der Waals surface area contributed by atoms with Gasteiger partial charge in [-0.25, -0.2) is 4.99 Å². The molecule has 34 heavy (non-hydrogen) atoms. The first kappa shape index (κ1) is 21.9. The first-order valence-electron chi connectivity index (χ1n) is 10.8. The van der Waals surface area contributed by atoms with Crippen molar-refractivity contribution in [3.8, 4) is 0 Å². The smallest absolute Gasteiger partial charge is 0.302 e. The molecule has 0 aliphatic carbocycles. The Labute approximate surface area is 205 Å². The summed E-state index contributed by atoms with van der Waals surface area (Å²) in [5.41, 5.74) is 5.24. The summed E-state index contributed by atoms with van der Waals surface area (Å²) < 4.78 is 6.65. The van der Waals surface area contributed by atoms with E-state index in [0.717, 1.165) is 26.8 Å². The lowest BCUT2D eigenvalue weighted by atomic mass is 9.95. The highest BCUT2D eigenvalue weighted by atomic mass is 79.9. The number of rotatable bonds is 4. The van der Waals surface area contributed by atoms with Crippen molar-refractivity contribution in [2.45, 2.75) is 19.9 Å². The second-order valence-electron chi connectivity index (χ2n) is 7.95. The van der Waals surface area contributed by atoms with E-state index in [0.29, 0.717) is 28.8 Å². The normalized spacial score (nSPS) is 15.6. The quantitative estimate of drug-likeness (QED) is 0.313. The van der Waals surface area contributed by atoms with Gasteiger partial charge in [-0.1, -0.05) is 64.5 Å². The Bertz CT molecular complexity index is 1420. The van der Waals surface area contributed by atoms with E-state index in [1.54, 1.807) is 0 Å². The number of allylic oxidation sites excluding steroid dienone is 1. The summed E-state index contributed by atoms with van der Waals surface area (Å²) in [4.78, 5) is 22.8. The molecule has 0 saturated heterocycles. The number of halogens is 1. The SMILES string of the molecule is CC1=C(C(=O)Nc2ccccc2C)C(c2ccccc2Br)N=C(Nc2nc3ccccc3o2)N1. The summed E-state index contributed by atoms with van der Waals surface area (Å²) in [5, 5.41) is 9.36. The number of aromatic nitrogens is 1. The maximum atomic E-state index is 13.5. The van der Waals surface area contributed by atoms with Crippen LogP contribution < -0.4 is 16.0 Å². The summed E-state index contributed by atoms with van der Waals surface area (Å²) in [6.45, 7) is 3.82. The zero-order chi connectivity index (χ0) is 23.7. The van der Waals surface area contributed by atoms with Crippen LogP contribution in [0, 0.1) is 6.92 Å². The van der Waals surface area contributed by atoms with Crippen LogP contribution >= 0.6 is 15.9 Å². The number of guanidine groups is 1. The fraction of sp³-hybridized carbons (Fsp3) is 0.115. The van der Waals surface area contributed by atoms with Crippen molar-refractivity contribution in [2.75, 3.05) is 10.6 Å². The third-order valence-electron chi connectivity index (χ3n) is 5.60. The lowest BCUT2D eigenvalue weighted by Crippen LogP contribution is -2.37. The van der Waals surface area contributed by atoms with Crippen LogP contribution in [0.1, 0.15) is 24.1 Å². The lowest BCUT2D eigenvalue weighted by molar-refractivity contribution is -0.113. The number of carbonyl (C=O) groups excluding carboxylic acids is 1. The Morgan fingerprint density at radius 3 is 2.53 bits per heavy atom. The average Bonchev–Trinajstić information content (AvgIpc) is 3.22. The number of amides is 1. The number of fused-ring (bicyclic) bond motifs is 1. The lowest BCUT2D eigenvalue weighted by Gasteiger charge is -2.27. The van der Waals surface area contributed by atoms with Crippen LogP contribution in [0.3, 0.4) is 0 Å². The molecule has 8 heteroatoms. The fourth-order valence-electron chi connectivity index (χ4n) is 3.89. The minimum absolute atomic E-state index is 0.218. The van der Waals surface area contributed by atoms with Gasteiger partial charge in [0.1, 0.15) is 11.6 Å². The van der Waals surface area contributed by atoms with Gasteiger partial charge in [-0.15, -0.1) is 0 Å². The highest BCUT2D eigenvalue weighted by Crippen LogP contribution is 2.35. The molecule has 3 aromatic carbocycles. The van der Waals surface area contributed by atoms with Gasteiger partial charge < -0.3 is 15.1 Å². The molecule has 4 aromatic rings. The van der Waals surface area contributed by atoms with Crippen LogP contribution in [0.25, 0.3) is 11.1 Å². The molecule has 1 aliphatic heterocycles. The van der Waals surface area contributed by atoms with E-state index in [2.05, 4.69) is 36.9 Å². The van der Waals surface area contributed by atoms with E-state index in [9.17, 15) is 4.79 Å². The summed E-state index contributed by atoms with van der Waals surface area (Å²) in [6, 6.07) is 22.7. The number of para-hydroxylation sites is 3. The molecule has 1 aliphatic rings. The van der Waals surface area contributed by atoms with Gasteiger partial charge in [0.2, 0.25) is 5.96 Å². The van der Waals surface area contributed by atoms with Crippen LogP contribution in [-0.2, 0) is 4.79 Å². The zero-order valence-electron chi connectivity index (χ0n) is 18.6. The molecule has 7 nitrogen and oxygen atoms in total. The van der Waals surface area contributed by atoms with Gasteiger partial charge in [0.05, 0.1) is 5.57 Å². The Kier molecular flexibility index (Phi) is 5.90. The van der Waals surface area contributed by atoms with Crippen LogP contribution in [-0.4, -0.2) is 16.9 Å². The number of benzene rings is 3. The molecule has 3 N–H and O–H groups in total. The van der Waals surface area contributed by atoms with E-state index in [1.165, 1.54) is 0 Å². The topological polar surface area (TPSA) is 91.5 Å².